The molecular formula is C39H26F8N6O4. The number of rotatable bonds is 9. The number of aromatic nitrogens is 3. The number of carbonyl (C=O) groups is 4. The van der Waals surface area contributed by atoms with Crippen LogP contribution in [0.5, 0.6) is 0 Å². The first-order valence-corrected chi connectivity index (χ1v) is 17.3. The standard InChI is InChI=1S/C39H26F8N6O4/c40-19-9-17(10-20(41)13-19)11-29(50-30(54)16-52-34-31(33(51-52)39(45,46)47)24-6-7-27(24)38(34,43)44)32-25(18-5-8-28(42)26(12-18)35(48)55)14-21(15-49-32)53-36(56)22-3-1-2-4-23(22)37(53)57/h1-5,8-10,12-15,24,27,29H,6-7,11,16H2,(H2,48,55)(H,50,54)/t24-,27+,29-/m0/s1. The number of hydrogen-bond donors (Lipinski definition) is 2. The van der Waals surface area contributed by atoms with E-state index in [1.54, 1.807) is 12.1 Å². The average Bonchev–Trinajstić information content (AvgIpc) is 3.66. The lowest BCUT2D eigenvalue weighted by Gasteiger charge is -2.34. The van der Waals surface area contributed by atoms with Crippen molar-refractivity contribution in [3.8, 4) is 11.1 Å². The summed E-state index contributed by atoms with van der Waals surface area (Å²) in [6.45, 7) is -1.15. The molecule has 1 aliphatic heterocycles. The second-order valence-electron chi connectivity index (χ2n) is 14.0. The molecule has 4 amide bonds. The highest BCUT2D eigenvalue weighted by Gasteiger charge is 2.63. The molecule has 18 heteroatoms. The maximum atomic E-state index is 15.5. The highest BCUT2D eigenvalue weighted by atomic mass is 19.4. The summed E-state index contributed by atoms with van der Waals surface area (Å²) in [5.74, 6) is -13.1. The third-order valence-electron chi connectivity index (χ3n) is 10.5. The van der Waals surface area contributed by atoms with Gasteiger partial charge in [-0.05, 0) is 78.8 Å². The number of carbonyl (C=O) groups excluding carboxylic acids is 4. The Balaban J connectivity index is 1.24. The quantitative estimate of drug-likeness (QED) is 0.122. The molecule has 2 aliphatic carbocycles. The van der Waals surface area contributed by atoms with Crippen molar-refractivity contribution in [1.82, 2.24) is 20.1 Å². The maximum absolute atomic E-state index is 15.5. The molecule has 0 saturated heterocycles. The minimum absolute atomic E-state index is 0.00865. The van der Waals surface area contributed by atoms with E-state index in [0.29, 0.717) is 10.7 Å². The third kappa shape index (κ3) is 6.28. The molecule has 0 unspecified atom stereocenters. The van der Waals surface area contributed by atoms with Crippen LogP contribution in [0.3, 0.4) is 0 Å². The van der Waals surface area contributed by atoms with Crippen molar-refractivity contribution in [3.05, 3.63) is 135 Å². The second kappa shape index (κ2) is 13.3. The zero-order valence-corrected chi connectivity index (χ0v) is 29.0. The topological polar surface area (TPSA) is 140 Å². The van der Waals surface area contributed by atoms with E-state index in [1.165, 1.54) is 24.3 Å². The maximum Gasteiger partial charge on any atom is 0.435 e. The van der Waals surface area contributed by atoms with Crippen LogP contribution in [-0.4, -0.2) is 38.4 Å². The normalized spacial score (nSPS) is 18.5. The molecule has 5 aromatic rings. The van der Waals surface area contributed by atoms with Crippen molar-refractivity contribution in [2.45, 2.75) is 49.9 Å². The van der Waals surface area contributed by atoms with Gasteiger partial charge in [-0.25, -0.2) is 18.1 Å². The largest absolute Gasteiger partial charge is 0.435 e. The van der Waals surface area contributed by atoms with E-state index in [4.69, 9.17) is 5.73 Å². The van der Waals surface area contributed by atoms with Crippen LogP contribution in [0.25, 0.3) is 11.1 Å². The minimum atomic E-state index is -5.12. The van der Waals surface area contributed by atoms with Crippen molar-refractivity contribution < 1.29 is 54.3 Å². The van der Waals surface area contributed by atoms with Crippen LogP contribution in [0, 0.1) is 23.4 Å². The van der Waals surface area contributed by atoms with Gasteiger partial charge in [-0.1, -0.05) is 18.2 Å². The third-order valence-corrected chi connectivity index (χ3v) is 10.5. The summed E-state index contributed by atoms with van der Waals surface area (Å²) >= 11 is 0. The van der Waals surface area contributed by atoms with Crippen LogP contribution in [0.1, 0.15) is 84.1 Å². The van der Waals surface area contributed by atoms with Crippen LogP contribution < -0.4 is 16.0 Å². The lowest BCUT2D eigenvalue weighted by Crippen LogP contribution is -2.36. The van der Waals surface area contributed by atoms with Gasteiger partial charge >= 0.3 is 6.18 Å². The summed E-state index contributed by atoms with van der Waals surface area (Å²) in [5.41, 5.74) is 1.25. The smallest absolute Gasteiger partial charge is 0.366 e. The molecule has 1 saturated carbocycles. The zero-order chi connectivity index (χ0) is 40.7. The van der Waals surface area contributed by atoms with Crippen LogP contribution in [0.15, 0.2) is 72.9 Å². The molecule has 292 valence electrons. The molecule has 0 radical (unpaired) electrons. The van der Waals surface area contributed by atoms with Gasteiger partial charge in [-0.2, -0.15) is 27.1 Å². The van der Waals surface area contributed by atoms with Gasteiger partial charge in [0.2, 0.25) is 5.91 Å². The van der Waals surface area contributed by atoms with Gasteiger partial charge in [0.05, 0.1) is 40.3 Å². The number of nitrogens with one attached hydrogen (secondary N) is 1. The van der Waals surface area contributed by atoms with Gasteiger partial charge in [0.1, 0.15) is 29.7 Å². The first-order valence-electron chi connectivity index (χ1n) is 17.3. The first-order chi connectivity index (χ1) is 26.9. The predicted molar refractivity (Wildman–Crippen MR) is 183 cm³/mol. The highest BCUT2D eigenvalue weighted by Crippen LogP contribution is 2.64. The molecule has 0 spiro atoms. The number of hydrogen-bond acceptors (Lipinski definition) is 6. The number of benzene rings is 3. The highest BCUT2D eigenvalue weighted by molar-refractivity contribution is 6.34. The second-order valence-corrected chi connectivity index (χ2v) is 14.0. The number of amides is 4. The van der Waals surface area contributed by atoms with Crippen LogP contribution in [-0.2, 0) is 29.9 Å². The molecule has 1 fully saturated rings. The van der Waals surface area contributed by atoms with Gasteiger partial charge in [0, 0.05) is 23.1 Å². The van der Waals surface area contributed by atoms with Gasteiger partial charge in [-0.15, -0.1) is 0 Å². The fraction of sp³-hybridized carbons (Fsp3) is 0.231. The number of fused-ring (bicyclic) bond motifs is 4. The fourth-order valence-corrected chi connectivity index (χ4v) is 7.91. The Labute approximate surface area is 316 Å². The van der Waals surface area contributed by atoms with E-state index >= 15 is 8.78 Å². The summed E-state index contributed by atoms with van der Waals surface area (Å²) < 4.78 is 117. The van der Waals surface area contributed by atoms with Gasteiger partial charge in [-0.3, -0.25) is 28.8 Å². The Morgan fingerprint density at radius 3 is 2.18 bits per heavy atom. The summed E-state index contributed by atoms with van der Waals surface area (Å²) in [7, 11) is 0. The fourth-order valence-electron chi connectivity index (χ4n) is 7.91. The Morgan fingerprint density at radius 1 is 0.912 bits per heavy atom. The number of anilines is 1. The van der Waals surface area contributed by atoms with Gasteiger partial charge in [0.15, 0.2) is 5.69 Å². The van der Waals surface area contributed by atoms with E-state index in [2.05, 4.69) is 15.4 Å². The van der Waals surface area contributed by atoms with Gasteiger partial charge < -0.3 is 11.1 Å². The average molecular weight is 795 g/mol. The number of nitrogens with zero attached hydrogens (tertiary/aromatic N) is 4. The van der Waals surface area contributed by atoms with Crippen molar-refractivity contribution in [2.24, 2.45) is 11.7 Å². The lowest BCUT2D eigenvalue weighted by molar-refractivity contribution is -0.144. The van der Waals surface area contributed by atoms with E-state index in [0.717, 1.165) is 35.4 Å². The summed E-state index contributed by atoms with van der Waals surface area (Å²) in [5, 5.41) is 5.93. The van der Waals surface area contributed by atoms with Crippen molar-refractivity contribution in [3.63, 3.8) is 0 Å². The number of nitrogens with two attached hydrogens (primary N) is 1. The number of imide groups is 1. The molecule has 3 N–H and O–H groups in total. The summed E-state index contributed by atoms with van der Waals surface area (Å²) in [6, 6.07) is 11.2. The van der Waals surface area contributed by atoms with E-state index in [-0.39, 0.29) is 52.0 Å². The van der Waals surface area contributed by atoms with E-state index in [1.807, 2.05) is 0 Å². The molecule has 3 aliphatic rings. The lowest BCUT2D eigenvalue weighted by atomic mass is 9.73. The zero-order valence-electron chi connectivity index (χ0n) is 29.0. The van der Waals surface area contributed by atoms with E-state index in [9.17, 15) is 45.5 Å². The molecule has 3 atom stereocenters. The number of alkyl halides is 5. The monoisotopic (exact) mass is 794 g/mol. The first kappa shape index (κ1) is 37.5. The number of halogens is 8. The molecule has 57 heavy (non-hydrogen) atoms. The summed E-state index contributed by atoms with van der Waals surface area (Å²) in [6.07, 6.45) is -4.49. The predicted octanol–water partition coefficient (Wildman–Crippen LogP) is 6.98. The molecule has 3 aromatic carbocycles. The molecular weight excluding hydrogens is 768 g/mol. The van der Waals surface area contributed by atoms with Crippen LogP contribution >= 0.6 is 0 Å². The van der Waals surface area contributed by atoms with Crippen molar-refractivity contribution in [2.75, 3.05) is 4.90 Å². The molecule has 2 aromatic heterocycles. The molecule has 8 rings (SSSR count). The molecule has 0 bridgehead atoms. The Hall–Kier alpha value is -6.46. The summed E-state index contributed by atoms with van der Waals surface area (Å²) in [4.78, 5) is 58.1. The van der Waals surface area contributed by atoms with Crippen LogP contribution in [0.2, 0.25) is 0 Å². The molecule has 3 heterocycles. The van der Waals surface area contributed by atoms with Crippen molar-refractivity contribution in [1.29, 1.82) is 0 Å². The Bertz CT molecular complexity index is 2500. The van der Waals surface area contributed by atoms with E-state index < -0.39 is 107 Å². The minimum Gasteiger partial charge on any atom is -0.366 e. The Morgan fingerprint density at radius 2 is 1.58 bits per heavy atom. The number of primary amides is 1. The SMILES string of the molecule is NC(=O)c1cc(-c2cc(N3C(=O)c4ccccc4C3=O)cnc2[C@H](Cc2cc(F)cc(F)c2)NC(=O)Cn2nc(C(F)(F)F)c3c2C(F)(F)[C@@H]2CC[C@H]32)ccc1F. The number of pyridine rings is 1. The molecule has 10 nitrogen and oxygen atoms in total. The van der Waals surface area contributed by atoms with Crippen LogP contribution in [0.4, 0.5) is 40.8 Å². The van der Waals surface area contributed by atoms with Crippen molar-refractivity contribution >= 4 is 29.3 Å². The Kier molecular flexibility index (Phi) is 8.77. The van der Waals surface area contributed by atoms with Gasteiger partial charge in [0.25, 0.3) is 23.6 Å².